The molecule has 0 unspecified atom stereocenters. The number of rotatable bonds is 6. The van der Waals surface area contributed by atoms with Gasteiger partial charge in [0.05, 0.1) is 25.5 Å². The van der Waals surface area contributed by atoms with Gasteiger partial charge in [0.15, 0.2) is 0 Å². The highest BCUT2D eigenvalue weighted by Gasteiger charge is 2.16. The van der Waals surface area contributed by atoms with Crippen LogP contribution in [0.3, 0.4) is 0 Å². The number of benzene rings is 1. The number of hydrogen-bond donors (Lipinski definition) is 1. The van der Waals surface area contributed by atoms with Crippen molar-refractivity contribution in [1.29, 1.82) is 0 Å². The Hall–Kier alpha value is -2.38. The topological polar surface area (TPSA) is 70.8 Å². The first-order valence-electron chi connectivity index (χ1n) is 8.44. The predicted molar refractivity (Wildman–Crippen MR) is 95.7 cm³/mol. The Kier molecular flexibility index (Phi) is 5.67. The average molecular weight is 344 g/mol. The van der Waals surface area contributed by atoms with Crippen molar-refractivity contribution in [2.45, 2.75) is 13.5 Å². The van der Waals surface area contributed by atoms with E-state index in [4.69, 9.17) is 9.26 Å². The van der Waals surface area contributed by atoms with Crippen LogP contribution < -0.4 is 10.2 Å². The van der Waals surface area contributed by atoms with Gasteiger partial charge in [-0.15, -0.1) is 0 Å². The van der Waals surface area contributed by atoms with Crippen LogP contribution in [-0.2, 0) is 16.1 Å². The van der Waals surface area contributed by atoms with Crippen molar-refractivity contribution >= 4 is 17.5 Å². The molecule has 1 N–H and O–H groups in total. The van der Waals surface area contributed by atoms with Gasteiger partial charge in [0.2, 0.25) is 11.8 Å². The molecule has 25 heavy (non-hydrogen) atoms. The summed E-state index contributed by atoms with van der Waals surface area (Å²) in [6.07, 6.45) is 0. The van der Waals surface area contributed by atoms with E-state index in [1.807, 2.05) is 31.0 Å². The lowest BCUT2D eigenvalue weighted by Crippen LogP contribution is -2.37. The van der Waals surface area contributed by atoms with E-state index in [0.29, 0.717) is 12.4 Å². The zero-order valence-electron chi connectivity index (χ0n) is 14.7. The standard InChI is InChI=1S/C18H24N4O3/c1-14-11-18(25-20-14)19-17(23)13-21(2)12-15-5-3-4-6-16(15)22-7-9-24-10-8-22/h3-6,11H,7-10,12-13H2,1-2H3,(H,19,23). The Labute approximate surface area is 147 Å². The maximum Gasteiger partial charge on any atom is 0.240 e. The van der Waals surface area contributed by atoms with Crippen molar-refractivity contribution in [2.24, 2.45) is 0 Å². The Morgan fingerprint density at radius 2 is 2.08 bits per heavy atom. The molecule has 1 aliphatic heterocycles. The molecule has 7 heteroatoms. The molecule has 134 valence electrons. The highest BCUT2D eigenvalue weighted by molar-refractivity contribution is 5.90. The SMILES string of the molecule is Cc1cc(NC(=O)CN(C)Cc2ccccc2N2CCOCC2)on1. The Morgan fingerprint density at radius 1 is 1.32 bits per heavy atom. The Bertz CT molecular complexity index is 710. The van der Waals surface area contributed by atoms with Crippen molar-refractivity contribution in [3.8, 4) is 0 Å². The van der Waals surface area contributed by atoms with Crippen LogP contribution in [0.1, 0.15) is 11.3 Å². The molecule has 1 amide bonds. The fourth-order valence-corrected chi connectivity index (χ4v) is 2.95. The Morgan fingerprint density at radius 3 is 2.80 bits per heavy atom. The smallest absolute Gasteiger partial charge is 0.240 e. The van der Waals surface area contributed by atoms with Crippen LogP contribution in [-0.4, -0.2) is 55.9 Å². The lowest BCUT2D eigenvalue weighted by molar-refractivity contribution is -0.117. The summed E-state index contributed by atoms with van der Waals surface area (Å²) >= 11 is 0. The molecule has 0 spiro atoms. The first kappa shape index (κ1) is 17.4. The summed E-state index contributed by atoms with van der Waals surface area (Å²) in [6.45, 7) is 6.08. The number of morpholine rings is 1. The van der Waals surface area contributed by atoms with Crippen LogP contribution >= 0.6 is 0 Å². The molecule has 2 aromatic rings. The zero-order chi connectivity index (χ0) is 17.6. The molecular weight excluding hydrogens is 320 g/mol. The van der Waals surface area contributed by atoms with Crippen LogP contribution in [0.5, 0.6) is 0 Å². The number of nitrogens with zero attached hydrogens (tertiary/aromatic N) is 3. The number of nitrogens with one attached hydrogen (secondary N) is 1. The zero-order valence-corrected chi connectivity index (χ0v) is 14.7. The average Bonchev–Trinajstić information content (AvgIpc) is 3.00. The lowest BCUT2D eigenvalue weighted by atomic mass is 10.1. The molecule has 1 aromatic carbocycles. The van der Waals surface area contributed by atoms with Gasteiger partial charge in [0, 0.05) is 31.4 Å². The van der Waals surface area contributed by atoms with Crippen molar-refractivity contribution in [1.82, 2.24) is 10.1 Å². The van der Waals surface area contributed by atoms with Crippen LogP contribution in [0.15, 0.2) is 34.9 Å². The fraction of sp³-hybridized carbons (Fsp3) is 0.444. The molecule has 3 rings (SSSR count). The van der Waals surface area contributed by atoms with Crippen molar-refractivity contribution in [3.63, 3.8) is 0 Å². The minimum absolute atomic E-state index is 0.123. The second-order valence-electron chi connectivity index (χ2n) is 6.28. The summed E-state index contributed by atoms with van der Waals surface area (Å²) in [5, 5.41) is 6.48. The third kappa shape index (κ3) is 4.80. The molecule has 7 nitrogen and oxygen atoms in total. The Balaban J connectivity index is 1.58. The summed E-state index contributed by atoms with van der Waals surface area (Å²) in [5.74, 6) is 0.257. The molecule has 1 aliphatic rings. The minimum atomic E-state index is -0.123. The first-order valence-corrected chi connectivity index (χ1v) is 8.44. The van der Waals surface area contributed by atoms with Gasteiger partial charge in [-0.05, 0) is 25.6 Å². The third-order valence-electron chi connectivity index (χ3n) is 4.09. The van der Waals surface area contributed by atoms with E-state index in [2.05, 4.69) is 27.5 Å². The maximum absolute atomic E-state index is 12.1. The summed E-state index contributed by atoms with van der Waals surface area (Å²) in [7, 11) is 1.93. The molecule has 0 bridgehead atoms. The van der Waals surface area contributed by atoms with Gasteiger partial charge >= 0.3 is 0 Å². The van der Waals surface area contributed by atoms with Crippen molar-refractivity contribution < 1.29 is 14.1 Å². The molecule has 0 aliphatic carbocycles. The summed E-state index contributed by atoms with van der Waals surface area (Å²) in [4.78, 5) is 16.5. The van der Waals surface area contributed by atoms with Crippen LogP contribution in [0.4, 0.5) is 11.6 Å². The monoisotopic (exact) mass is 344 g/mol. The van der Waals surface area contributed by atoms with Crippen LogP contribution in [0, 0.1) is 6.92 Å². The van der Waals surface area contributed by atoms with E-state index in [-0.39, 0.29) is 12.5 Å². The number of para-hydroxylation sites is 1. The number of aryl methyl sites for hydroxylation is 1. The quantitative estimate of drug-likeness (QED) is 0.863. The summed E-state index contributed by atoms with van der Waals surface area (Å²) in [5.41, 5.74) is 3.15. The second-order valence-corrected chi connectivity index (χ2v) is 6.28. The minimum Gasteiger partial charge on any atom is -0.378 e. The number of likely N-dealkylation sites (N-methyl/N-ethyl adjacent to an activating group) is 1. The fourth-order valence-electron chi connectivity index (χ4n) is 2.95. The number of hydrogen-bond acceptors (Lipinski definition) is 6. The number of ether oxygens (including phenoxy) is 1. The third-order valence-corrected chi connectivity index (χ3v) is 4.09. The van der Waals surface area contributed by atoms with Gasteiger partial charge in [-0.25, -0.2) is 0 Å². The molecule has 2 heterocycles. The molecule has 0 atom stereocenters. The van der Waals surface area contributed by atoms with Gasteiger partial charge < -0.3 is 14.2 Å². The number of carbonyl (C=O) groups excluding carboxylic acids is 1. The van der Waals surface area contributed by atoms with E-state index in [9.17, 15) is 4.79 Å². The normalized spacial score (nSPS) is 14.8. The van der Waals surface area contributed by atoms with E-state index in [0.717, 1.165) is 32.0 Å². The van der Waals surface area contributed by atoms with Gasteiger partial charge in [-0.1, -0.05) is 23.4 Å². The molecule has 1 fully saturated rings. The van der Waals surface area contributed by atoms with Crippen molar-refractivity contribution in [3.05, 3.63) is 41.6 Å². The van der Waals surface area contributed by atoms with E-state index >= 15 is 0 Å². The molecular formula is C18H24N4O3. The van der Waals surface area contributed by atoms with E-state index < -0.39 is 0 Å². The molecule has 1 aromatic heterocycles. The van der Waals surface area contributed by atoms with Gasteiger partial charge in [0.1, 0.15) is 0 Å². The van der Waals surface area contributed by atoms with E-state index in [1.54, 1.807) is 6.07 Å². The van der Waals surface area contributed by atoms with E-state index in [1.165, 1.54) is 11.3 Å². The maximum atomic E-state index is 12.1. The van der Waals surface area contributed by atoms with Gasteiger partial charge in [-0.3, -0.25) is 15.0 Å². The number of amides is 1. The predicted octanol–water partition coefficient (Wildman–Crippen LogP) is 1.89. The van der Waals surface area contributed by atoms with Crippen LogP contribution in [0.2, 0.25) is 0 Å². The molecule has 0 saturated carbocycles. The van der Waals surface area contributed by atoms with Crippen molar-refractivity contribution in [2.75, 3.05) is 50.1 Å². The lowest BCUT2D eigenvalue weighted by Gasteiger charge is -2.31. The molecule has 0 radical (unpaired) electrons. The number of aromatic nitrogens is 1. The van der Waals surface area contributed by atoms with Gasteiger partial charge in [0.25, 0.3) is 0 Å². The van der Waals surface area contributed by atoms with Gasteiger partial charge in [-0.2, -0.15) is 0 Å². The molecule has 1 saturated heterocycles. The number of carbonyl (C=O) groups is 1. The number of anilines is 2. The largest absolute Gasteiger partial charge is 0.378 e. The van der Waals surface area contributed by atoms with Crippen LogP contribution in [0.25, 0.3) is 0 Å². The first-order chi connectivity index (χ1) is 12.1. The highest BCUT2D eigenvalue weighted by Crippen LogP contribution is 2.22. The second kappa shape index (κ2) is 8.13. The summed E-state index contributed by atoms with van der Waals surface area (Å²) in [6, 6.07) is 10.0. The highest BCUT2D eigenvalue weighted by atomic mass is 16.5. The summed E-state index contributed by atoms with van der Waals surface area (Å²) < 4.78 is 10.4.